The second kappa shape index (κ2) is 10.6. The number of hydrogen-bond donors (Lipinski definition) is 0. The Labute approximate surface area is 133 Å². The molecule has 0 fully saturated rings. The fourth-order valence-corrected chi connectivity index (χ4v) is 1.08. The largest absolute Gasteiger partial charge is 0.465 e. The van der Waals surface area contributed by atoms with Crippen molar-refractivity contribution in [2.45, 2.75) is 6.42 Å². The molecule has 1 heterocycles. The predicted octanol–water partition coefficient (Wildman–Crippen LogP) is 2.13. The normalized spacial score (nSPS) is 10.0. The van der Waals surface area contributed by atoms with Crippen LogP contribution in [0.4, 0.5) is 0 Å². The molecule has 1 aliphatic rings. The van der Waals surface area contributed by atoms with E-state index in [1.165, 1.54) is 5.56 Å². The van der Waals surface area contributed by atoms with E-state index >= 15 is 0 Å². The maximum atomic E-state index is 5.24. The van der Waals surface area contributed by atoms with E-state index in [0.29, 0.717) is 0 Å². The summed E-state index contributed by atoms with van der Waals surface area (Å²) in [6.45, 7) is 0. The molecule has 5 heteroatoms. The molecule has 0 spiro atoms. The quantitative estimate of drug-likeness (QED) is 0.468. The summed E-state index contributed by atoms with van der Waals surface area (Å²) in [6.07, 6.45) is 4.75. The van der Waals surface area contributed by atoms with Crippen molar-refractivity contribution in [1.82, 2.24) is 0 Å². The van der Waals surface area contributed by atoms with Crippen molar-refractivity contribution in [3.05, 3.63) is 42.2 Å². The molecule has 0 bridgehead atoms. The zero-order valence-electron chi connectivity index (χ0n) is 7.05. The Bertz CT molecular complexity index is 256. The molecular weight excluding hydrogens is 522 g/mol. The van der Waals surface area contributed by atoms with E-state index in [-0.39, 0.29) is 75.4 Å². The second-order valence-corrected chi connectivity index (χ2v) is 2.30. The molecule has 1 aliphatic heterocycles. The second-order valence-electron chi connectivity index (χ2n) is 2.30. The topological polar surface area (TPSA) is 9.23 Å². The van der Waals surface area contributed by atoms with Gasteiger partial charge in [0.15, 0.2) is 0 Å². The van der Waals surface area contributed by atoms with Gasteiger partial charge in [-0.1, -0.05) is 18.2 Å². The maximum absolute atomic E-state index is 5.24. The molecular formula is C9H8CoMoNiOW. The summed E-state index contributed by atoms with van der Waals surface area (Å²) in [5.41, 5.74) is 1.27. The number of hydrogen-bond acceptors (Lipinski definition) is 1. The number of para-hydroxylation sites is 1. The summed E-state index contributed by atoms with van der Waals surface area (Å²) in [4.78, 5) is 0. The number of ether oxygens (including phenoxy) is 1. The molecule has 81 valence electrons. The van der Waals surface area contributed by atoms with Crippen LogP contribution in [0.3, 0.4) is 0 Å². The standard InChI is InChI=1S/C9H8O.Co.Mo.Ni.W/c1-2-6-9-8(4-1)5-3-7-10-9;;;;/h1-4,6-7H,5H2;;;;. The molecule has 0 saturated heterocycles. The van der Waals surface area contributed by atoms with Crippen LogP contribution in [0.5, 0.6) is 5.75 Å². The van der Waals surface area contributed by atoms with E-state index in [2.05, 4.69) is 6.07 Å². The van der Waals surface area contributed by atoms with Gasteiger partial charge < -0.3 is 4.74 Å². The van der Waals surface area contributed by atoms with Crippen LogP contribution in [0.1, 0.15) is 5.56 Å². The van der Waals surface area contributed by atoms with Gasteiger partial charge in [0.2, 0.25) is 0 Å². The Morgan fingerprint density at radius 3 is 2.43 bits per heavy atom. The smallest absolute Gasteiger partial charge is 0.130 e. The minimum atomic E-state index is 0. The summed E-state index contributed by atoms with van der Waals surface area (Å²) >= 11 is 0. The molecule has 0 N–H and O–H groups in total. The zero-order chi connectivity index (χ0) is 6.81. The van der Waals surface area contributed by atoms with Crippen LogP contribution in [0.2, 0.25) is 0 Å². The summed E-state index contributed by atoms with van der Waals surface area (Å²) in [5.74, 6) is 0.991. The van der Waals surface area contributed by atoms with Crippen LogP contribution >= 0.6 is 0 Å². The molecule has 0 amide bonds. The maximum Gasteiger partial charge on any atom is 0.130 e. The third kappa shape index (κ3) is 5.28. The molecule has 1 nitrogen and oxygen atoms in total. The molecule has 0 unspecified atom stereocenters. The zero-order valence-corrected chi connectivity index (χ0v) is 14.0. The van der Waals surface area contributed by atoms with E-state index in [9.17, 15) is 0 Å². The molecule has 0 atom stereocenters. The molecule has 0 aliphatic carbocycles. The van der Waals surface area contributed by atoms with Crippen LogP contribution in [0.15, 0.2) is 36.6 Å². The molecule has 1 radical (unpaired) electrons. The van der Waals surface area contributed by atoms with Crippen molar-refractivity contribution in [1.29, 1.82) is 0 Å². The number of rotatable bonds is 0. The molecule has 0 aromatic heterocycles. The average Bonchev–Trinajstić information content (AvgIpc) is 2.05. The Morgan fingerprint density at radius 2 is 1.79 bits per heavy atom. The molecule has 1 aromatic carbocycles. The van der Waals surface area contributed by atoms with Crippen molar-refractivity contribution >= 4 is 0 Å². The Balaban J connectivity index is -0.000000302. The first-order valence-corrected chi connectivity index (χ1v) is 3.36. The van der Waals surface area contributed by atoms with Crippen molar-refractivity contribution in [2.24, 2.45) is 0 Å². The minimum absolute atomic E-state index is 0. The van der Waals surface area contributed by atoms with Crippen LogP contribution < -0.4 is 4.74 Å². The van der Waals surface area contributed by atoms with Crippen molar-refractivity contribution in [2.75, 3.05) is 0 Å². The van der Waals surface area contributed by atoms with Crippen LogP contribution in [-0.2, 0) is 81.8 Å². The van der Waals surface area contributed by atoms with E-state index < -0.39 is 0 Å². The summed E-state index contributed by atoms with van der Waals surface area (Å²) < 4.78 is 5.24. The molecule has 1 aromatic rings. The van der Waals surface area contributed by atoms with Gasteiger partial charge in [-0.3, -0.25) is 0 Å². The number of fused-ring (bicyclic) bond motifs is 1. The average molecular weight is 530 g/mol. The Kier molecular flexibility index (Phi) is 15.6. The Hall–Kier alpha value is 1.14. The van der Waals surface area contributed by atoms with Crippen molar-refractivity contribution in [3.8, 4) is 5.75 Å². The van der Waals surface area contributed by atoms with Gasteiger partial charge in [0.05, 0.1) is 6.26 Å². The fourth-order valence-electron chi connectivity index (χ4n) is 1.08. The summed E-state index contributed by atoms with van der Waals surface area (Å²) in [7, 11) is 0. The van der Waals surface area contributed by atoms with E-state index in [1.54, 1.807) is 6.26 Å². The molecule has 0 saturated carbocycles. The first-order valence-electron chi connectivity index (χ1n) is 3.36. The van der Waals surface area contributed by atoms with Gasteiger partial charge in [-0.2, -0.15) is 0 Å². The van der Waals surface area contributed by atoms with Crippen molar-refractivity contribution < 1.29 is 80.1 Å². The number of benzene rings is 1. The first kappa shape index (κ1) is 20.5. The third-order valence-electron chi connectivity index (χ3n) is 1.60. The van der Waals surface area contributed by atoms with Gasteiger partial charge in [0, 0.05) is 75.4 Å². The first-order chi connectivity index (χ1) is 4.97. The van der Waals surface area contributed by atoms with Gasteiger partial charge in [0.1, 0.15) is 5.75 Å². The van der Waals surface area contributed by atoms with E-state index in [1.807, 2.05) is 24.3 Å². The third-order valence-corrected chi connectivity index (χ3v) is 1.60. The summed E-state index contributed by atoms with van der Waals surface area (Å²) in [5, 5.41) is 0. The van der Waals surface area contributed by atoms with Gasteiger partial charge in [0.25, 0.3) is 0 Å². The fraction of sp³-hybridized carbons (Fsp3) is 0.111. The van der Waals surface area contributed by atoms with Gasteiger partial charge >= 0.3 is 0 Å². The van der Waals surface area contributed by atoms with Crippen LogP contribution in [0, 0.1) is 0 Å². The Morgan fingerprint density at radius 1 is 1.14 bits per heavy atom. The molecule has 2 rings (SSSR count). The van der Waals surface area contributed by atoms with Crippen molar-refractivity contribution in [3.63, 3.8) is 0 Å². The monoisotopic (exact) mass is 531 g/mol. The molecule has 14 heavy (non-hydrogen) atoms. The van der Waals surface area contributed by atoms with E-state index in [0.717, 1.165) is 12.2 Å². The predicted molar refractivity (Wildman–Crippen MR) is 39.9 cm³/mol. The summed E-state index contributed by atoms with van der Waals surface area (Å²) in [6, 6.07) is 8.08. The number of allylic oxidation sites excluding steroid dienone is 1. The van der Waals surface area contributed by atoms with Crippen LogP contribution in [-0.4, -0.2) is 0 Å². The van der Waals surface area contributed by atoms with Gasteiger partial charge in [-0.15, -0.1) is 0 Å². The SMILES string of the molecule is C1=COc2ccccc2C1.[Co].[Mo].[Ni].[W]. The van der Waals surface area contributed by atoms with Gasteiger partial charge in [-0.25, -0.2) is 0 Å². The van der Waals surface area contributed by atoms with Gasteiger partial charge in [-0.05, 0) is 24.1 Å². The van der Waals surface area contributed by atoms with Crippen LogP contribution in [0.25, 0.3) is 0 Å². The minimum Gasteiger partial charge on any atom is -0.465 e. The van der Waals surface area contributed by atoms with E-state index in [4.69, 9.17) is 4.74 Å².